The summed E-state index contributed by atoms with van der Waals surface area (Å²) in [6.07, 6.45) is 1.80. The standard InChI is InChI=1S/C27H29Cl2F3N4O5/c1-25(24(39)40)6-2-15(3-7-25)36-22(27(30,31)32)17(10-34-36)23(38)35(14-26-8-4-16(41-26)5-9-26)13-20(37)21-18(28)11-33-12-19(21)29/h10-12,15-16H,2-9,13-14H2,1H3,(H,39,40)/t15-,16-,25-,26+. The molecule has 2 aromatic heterocycles. The highest BCUT2D eigenvalue weighted by molar-refractivity contribution is 6.39. The van der Waals surface area contributed by atoms with Gasteiger partial charge in [0.25, 0.3) is 5.91 Å². The van der Waals surface area contributed by atoms with Crippen LogP contribution < -0.4 is 0 Å². The van der Waals surface area contributed by atoms with Gasteiger partial charge in [-0.15, -0.1) is 0 Å². The smallest absolute Gasteiger partial charge is 0.433 e. The highest BCUT2D eigenvalue weighted by Crippen LogP contribution is 2.46. The molecule has 0 atom stereocenters. The van der Waals surface area contributed by atoms with Crippen molar-refractivity contribution >= 4 is 40.9 Å². The van der Waals surface area contributed by atoms with E-state index in [1.54, 1.807) is 6.92 Å². The van der Waals surface area contributed by atoms with Gasteiger partial charge in [-0.05, 0) is 58.3 Å². The Morgan fingerprint density at radius 1 is 1.07 bits per heavy atom. The van der Waals surface area contributed by atoms with Crippen LogP contribution in [0.1, 0.15) is 90.7 Å². The molecule has 1 aliphatic carbocycles. The molecule has 4 heterocycles. The Morgan fingerprint density at radius 2 is 1.68 bits per heavy atom. The molecular weight excluding hydrogens is 588 g/mol. The van der Waals surface area contributed by atoms with Crippen LogP contribution in [-0.2, 0) is 15.7 Å². The molecule has 2 bridgehead atoms. The van der Waals surface area contributed by atoms with E-state index in [1.165, 1.54) is 12.4 Å². The fourth-order valence-electron chi connectivity index (χ4n) is 6.33. The zero-order valence-electron chi connectivity index (χ0n) is 22.2. The topological polar surface area (TPSA) is 115 Å². The van der Waals surface area contributed by atoms with Crippen molar-refractivity contribution in [1.29, 1.82) is 0 Å². The molecule has 9 nitrogen and oxygen atoms in total. The van der Waals surface area contributed by atoms with E-state index in [-0.39, 0.29) is 53.9 Å². The van der Waals surface area contributed by atoms with Crippen LogP contribution in [0.15, 0.2) is 18.6 Å². The maximum atomic E-state index is 14.5. The van der Waals surface area contributed by atoms with E-state index in [9.17, 15) is 32.7 Å². The van der Waals surface area contributed by atoms with Crippen LogP contribution in [0.4, 0.5) is 13.2 Å². The van der Waals surface area contributed by atoms with Crippen LogP contribution in [0.2, 0.25) is 10.0 Å². The lowest BCUT2D eigenvalue weighted by atomic mass is 9.74. The van der Waals surface area contributed by atoms with Gasteiger partial charge in [0, 0.05) is 12.4 Å². The van der Waals surface area contributed by atoms with E-state index in [2.05, 4.69) is 10.1 Å². The SMILES string of the molecule is C[C@]1(C(=O)O)CC[C@H](n2ncc(C(=O)N(CC(=O)c3c(Cl)cncc3Cl)C[C@]34CC[C@H](CC3)O4)c2C(F)(F)F)CC1. The van der Waals surface area contributed by atoms with Gasteiger partial charge in [0.1, 0.15) is 0 Å². The van der Waals surface area contributed by atoms with Crippen molar-refractivity contribution in [2.45, 2.75) is 82.2 Å². The van der Waals surface area contributed by atoms with Crippen LogP contribution >= 0.6 is 23.2 Å². The van der Waals surface area contributed by atoms with E-state index in [0.717, 1.165) is 28.6 Å². The highest BCUT2D eigenvalue weighted by Gasteiger charge is 2.49. The second-order valence-electron chi connectivity index (χ2n) is 11.5. The predicted octanol–water partition coefficient (Wildman–Crippen LogP) is 5.85. The van der Waals surface area contributed by atoms with Crippen molar-refractivity contribution in [1.82, 2.24) is 19.7 Å². The number of carboxylic acids is 1. The Bertz CT molecular complexity index is 1340. The molecule has 3 fully saturated rings. The van der Waals surface area contributed by atoms with Crippen LogP contribution in [0.3, 0.4) is 0 Å². The van der Waals surface area contributed by atoms with Crippen molar-refractivity contribution in [2.24, 2.45) is 5.41 Å². The molecule has 1 amide bonds. The normalized spacial score (nSPS) is 27.7. The summed E-state index contributed by atoms with van der Waals surface area (Å²) in [6, 6.07) is -0.738. The minimum Gasteiger partial charge on any atom is -0.481 e. The minimum absolute atomic E-state index is 0.0167. The molecule has 14 heteroatoms. The van der Waals surface area contributed by atoms with E-state index in [0.29, 0.717) is 12.8 Å². The summed E-state index contributed by atoms with van der Waals surface area (Å²) in [5.41, 5.74) is -3.78. The third-order valence-corrected chi connectivity index (χ3v) is 9.28. The fourth-order valence-corrected chi connectivity index (χ4v) is 6.90. The third-order valence-electron chi connectivity index (χ3n) is 8.71. The summed E-state index contributed by atoms with van der Waals surface area (Å²) in [4.78, 5) is 43.8. The zero-order valence-corrected chi connectivity index (χ0v) is 23.7. The number of Topliss-reactive ketones (excluding diaryl/α,β-unsaturated/α-hetero) is 1. The molecule has 222 valence electrons. The average molecular weight is 617 g/mol. The van der Waals surface area contributed by atoms with Crippen LogP contribution in [0.25, 0.3) is 0 Å². The van der Waals surface area contributed by atoms with Gasteiger partial charge in [0.15, 0.2) is 11.5 Å². The van der Waals surface area contributed by atoms with Gasteiger partial charge in [-0.2, -0.15) is 18.3 Å². The molecule has 41 heavy (non-hydrogen) atoms. The number of hydrogen-bond donors (Lipinski definition) is 1. The van der Waals surface area contributed by atoms with Crippen molar-refractivity contribution in [2.75, 3.05) is 13.1 Å². The molecule has 0 spiro atoms. The molecule has 1 N–H and O–H groups in total. The molecule has 0 unspecified atom stereocenters. The monoisotopic (exact) mass is 616 g/mol. The number of alkyl halides is 3. The lowest BCUT2D eigenvalue weighted by Crippen LogP contribution is -2.47. The predicted molar refractivity (Wildman–Crippen MR) is 141 cm³/mol. The summed E-state index contributed by atoms with van der Waals surface area (Å²) >= 11 is 12.3. The molecule has 2 aliphatic heterocycles. The first-order valence-electron chi connectivity index (χ1n) is 13.4. The van der Waals surface area contributed by atoms with E-state index < -0.39 is 58.7 Å². The molecule has 3 aliphatic rings. The molecule has 2 aromatic rings. The lowest BCUT2D eigenvalue weighted by Gasteiger charge is -2.35. The van der Waals surface area contributed by atoms with Crippen LogP contribution in [0.5, 0.6) is 0 Å². The Kier molecular flexibility index (Phi) is 7.88. The number of carbonyl (C=O) groups is 3. The van der Waals surface area contributed by atoms with Crippen molar-refractivity contribution in [3.63, 3.8) is 0 Å². The van der Waals surface area contributed by atoms with Crippen molar-refractivity contribution in [3.05, 3.63) is 45.5 Å². The maximum absolute atomic E-state index is 14.5. The number of amides is 1. The Morgan fingerprint density at radius 3 is 2.20 bits per heavy atom. The van der Waals surface area contributed by atoms with Crippen LogP contribution in [0, 0.1) is 5.41 Å². The fraction of sp³-hybridized carbons (Fsp3) is 0.593. The number of ether oxygens (including phenoxy) is 1. The van der Waals surface area contributed by atoms with Crippen LogP contribution in [-0.4, -0.2) is 67.2 Å². The van der Waals surface area contributed by atoms with Gasteiger partial charge in [-0.3, -0.25) is 24.0 Å². The summed E-state index contributed by atoms with van der Waals surface area (Å²) in [7, 11) is 0. The molecule has 5 rings (SSSR count). The first-order chi connectivity index (χ1) is 19.2. The summed E-state index contributed by atoms with van der Waals surface area (Å²) in [5, 5.41) is 13.4. The number of pyridine rings is 1. The third kappa shape index (κ3) is 5.70. The summed E-state index contributed by atoms with van der Waals surface area (Å²) < 4.78 is 50.5. The van der Waals surface area contributed by atoms with Gasteiger partial charge in [-0.25, -0.2) is 0 Å². The Balaban J connectivity index is 1.48. The van der Waals surface area contributed by atoms with Gasteiger partial charge in [0.2, 0.25) is 0 Å². The van der Waals surface area contributed by atoms with Crippen molar-refractivity contribution in [3.8, 4) is 0 Å². The minimum atomic E-state index is -4.94. The second kappa shape index (κ2) is 10.9. The first kappa shape index (κ1) is 29.8. The van der Waals surface area contributed by atoms with Gasteiger partial charge in [0.05, 0.1) is 63.6 Å². The first-order valence-corrected chi connectivity index (χ1v) is 14.2. The van der Waals surface area contributed by atoms with Crippen molar-refractivity contribution < 1.29 is 37.4 Å². The molecule has 2 saturated heterocycles. The number of carbonyl (C=O) groups excluding carboxylic acids is 2. The molecule has 0 aromatic carbocycles. The lowest BCUT2D eigenvalue weighted by molar-refractivity contribution is -0.152. The molecule has 0 radical (unpaired) electrons. The second-order valence-corrected chi connectivity index (χ2v) is 12.3. The summed E-state index contributed by atoms with van der Waals surface area (Å²) in [6.45, 7) is 0.904. The average Bonchev–Trinajstić information content (AvgIpc) is 3.63. The van der Waals surface area contributed by atoms with Gasteiger partial charge < -0.3 is 14.7 Å². The number of carboxylic acid groups (broad SMARTS) is 1. The van der Waals surface area contributed by atoms with E-state index >= 15 is 0 Å². The number of nitrogens with zero attached hydrogens (tertiary/aromatic N) is 4. The number of aliphatic carboxylic acids is 1. The molecule has 1 saturated carbocycles. The Hall–Kier alpha value is -2.70. The highest BCUT2D eigenvalue weighted by atomic mass is 35.5. The number of ketones is 1. The Labute approximate surface area is 243 Å². The van der Waals surface area contributed by atoms with Gasteiger partial charge in [-0.1, -0.05) is 23.2 Å². The number of halogens is 5. The number of fused-ring (bicyclic) bond motifs is 2. The largest absolute Gasteiger partial charge is 0.481 e. The quantitative estimate of drug-likeness (QED) is 0.370. The van der Waals surface area contributed by atoms with E-state index in [1.807, 2.05) is 0 Å². The maximum Gasteiger partial charge on any atom is 0.433 e. The number of rotatable bonds is 8. The zero-order chi connectivity index (χ0) is 29.7. The van der Waals surface area contributed by atoms with E-state index in [4.69, 9.17) is 27.9 Å². The molecular formula is C27H29Cl2F3N4O5. The number of aromatic nitrogens is 3. The number of hydrogen-bond acceptors (Lipinski definition) is 6. The summed E-state index contributed by atoms with van der Waals surface area (Å²) in [5.74, 6) is -2.67. The van der Waals surface area contributed by atoms with Gasteiger partial charge >= 0.3 is 12.1 Å².